The fraction of sp³-hybridized carbons (Fsp3) is 0.200. The molecule has 2 aromatic rings. The highest BCUT2D eigenvalue weighted by Gasteiger charge is 2.04. The van der Waals surface area contributed by atoms with E-state index >= 15 is 0 Å². The van der Waals surface area contributed by atoms with Crippen molar-refractivity contribution < 1.29 is 4.79 Å². The van der Waals surface area contributed by atoms with Crippen LogP contribution in [0.15, 0.2) is 29.4 Å². The highest BCUT2D eigenvalue weighted by molar-refractivity contribution is 7.07. The molecule has 6 heteroatoms. The summed E-state index contributed by atoms with van der Waals surface area (Å²) in [5.41, 5.74) is 2.70. The molecule has 0 spiro atoms. The fourth-order valence-electron chi connectivity index (χ4n) is 1.15. The first-order chi connectivity index (χ1) is 7.84. The molecular formula is C10H10N4OS. The Morgan fingerprint density at radius 3 is 2.81 bits per heavy atom. The molecule has 2 rings (SSSR count). The van der Waals surface area contributed by atoms with Crippen LogP contribution in [0.4, 0.5) is 5.95 Å². The summed E-state index contributed by atoms with van der Waals surface area (Å²) in [5, 5.41) is 4.56. The van der Waals surface area contributed by atoms with E-state index in [2.05, 4.69) is 20.3 Å². The molecule has 5 nitrogen and oxygen atoms in total. The number of rotatable bonds is 4. The number of aryl methyl sites for hydroxylation is 1. The van der Waals surface area contributed by atoms with Gasteiger partial charge < -0.3 is 0 Å². The van der Waals surface area contributed by atoms with Crippen LogP contribution in [0.5, 0.6) is 0 Å². The Labute approximate surface area is 96.6 Å². The van der Waals surface area contributed by atoms with Crippen LogP contribution in [-0.2, 0) is 11.2 Å². The van der Waals surface area contributed by atoms with Gasteiger partial charge in [-0.2, -0.15) is 0 Å². The summed E-state index contributed by atoms with van der Waals surface area (Å²) in [5.74, 6) is 0.241. The summed E-state index contributed by atoms with van der Waals surface area (Å²) >= 11 is 1.53. The number of carbonyl (C=O) groups is 1. The lowest BCUT2D eigenvalue weighted by molar-refractivity contribution is -0.116. The molecule has 0 fully saturated rings. The summed E-state index contributed by atoms with van der Waals surface area (Å²) in [4.78, 5) is 23.4. The first-order valence-corrected chi connectivity index (χ1v) is 5.73. The molecule has 82 valence electrons. The number of anilines is 1. The van der Waals surface area contributed by atoms with Gasteiger partial charge in [-0.25, -0.2) is 15.0 Å². The molecule has 0 unspecified atom stereocenters. The topological polar surface area (TPSA) is 67.8 Å². The van der Waals surface area contributed by atoms with Gasteiger partial charge in [0, 0.05) is 24.2 Å². The highest BCUT2D eigenvalue weighted by atomic mass is 32.1. The van der Waals surface area contributed by atoms with E-state index in [9.17, 15) is 4.79 Å². The molecule has 0 bridgehead atoms. The van der Waals surface area contributed by atoms with Gasteiger partial charge in [0.2, 0.25) is 11.9 Å². The summed E-state index contributed by atoms with van der Waals surface area (Å²) in [6.07, 6.45) is 4.20. The van der Waals surface area contributed by atoms with Crippen molar-refractivity contribution in [2.45, 2.75) is 12.8 Å². The Bertz CT molecular complexity index is 443. The second kappa shape index (κ2) is 5.32. The maximum absolute atomic E-state index is 11.5. The van der Waals surface area contributed by atoms with Crippen molar-refractivity contribution in [1.29, 1.82) is 0 Å². The van der Waals surface area contributed by atoms with E-state index in [1.165, 1.54) is 11.3 Å². The van der Waals surface area contributed by atoms with E-state index in [4.69, 9.17) is 0 Å². The van der Waals surface area contributed by atoms with Crippen LogP contribution in [0, 0.1) is 0 Å². The number of carbonyl (C=O) groups excluding carboxylic acids is 1. The molecule has 0 atom stereocenters. The van der Waals surface area contributed by atoms with Crippen molar-refractivity contribution in [1.82, 2.24) is 15.0 Å². The lowest BCUT2D eigenvalue weighted by Gasteiger charge is -2.01. The van der Waals surface area contributed by atoms with Gasteiger partial charge in [-0.05, 0) is 12.5 Å². The third-order valence-electron chi connectivity index (χ3n) is 1.91. The average Bonchev–Trinajstić information content (AvgIpc) is 2.81. The smallest absolute Gasteiger partial charge is 0.229 e. The van der Waals surface area contributed by atoms with E-state index in [-0.39, 0.29) is 5.91 Å². The molecule has 16 heavy (non-hydrogen) atoms. The Morgan fingerprint density at radius 2 is 2.12 bits per heavy atom. The minimum absolute atomic E-state index is 0.0980. The van der Waals surface area contributed by atoms with Crippen LogP contribution in [0.1, 0.15) is 12.1 Å². The minimum atomic E-state index is -0.0980. The second-order valence-electron chi connectivity index (χ2n) is 3.10. The van der Waals surface area contributed by atoms with Crippen LogP contribution in [0.3, 0.4) is 0 Å². The number of thiazole rings is 1. The third-order valence-corrected chi connectivity index (χ3v) is 2.54. The summed E-state index contributed by atoms with van der Waals surface area (Å²) in [7, 11) is 0. The number of nitrogens with zero attached hydrogens (tertiary/aromatic N) is 3. The fourth-order valence-corrected chi connectivity index (χ4v) is 1.75. The van der Waals surface area contributed by atoms with Gasteiger partial charge in [0.1, 0.15) is 0 Å². The van der Waals surface area contributed by atoms with Crippen LogP contribution in [-0.4, -0.2) is 20.9 Å². The van der Waals surface area contributed by atoms with E-state index in [1.807, 2.05) is 5.38 Å². The molecule has 1 amide bonds. The first-order valence-electron chi connectivity index (χ1n) is 4.78. The predicted molar refractivity (Wildman–Crippen MR) is 61.1 cm³/mol. The molecule has 0 aliphatic carbocycles. The van der Waals surface area contributed by atoms with Crippen molar-refractivity contribution >= 4 is 23.2 Å². The summed E-state index contributed by atoms with van der Waals surface area (Å²) < 4.78 is 0. The molecular weight excluding hydrogens is 224 g/mol. The quantitative estimate of drug-likeness (QED) is 0.870. The highest BCUT2D eigenvalue weighted by Crippen LogP contribution is 2.05. The van der Waals surface area contributed by atoms with E-state index in [0.29, 0.717) is 18.8 Å². The zero-order valence-corrected chi connectivity index (χ0v) is 9.28. The molecule has 1 N–H and O–H groups in total. The van der Waals surface area contributed by atoms with Gasteiger partial charge in [-0.15, -0.1) is 11.3 Å². The largest absolute Gasteiger partial charge is 0.295 e. The average molecular weight is 234 g/mol. The second-order valence-corrected chi connectivity index (χ2v) is 3.82. The Balaban J connectivity index is 1.81. The number of nitrogens with one attached hydrogen (secondary N) is 1. The monoisotopic (exact) mass is 234 g/mol. The zero-order valence-electron chi connectivity index (χ0n) is 8.46. The van der Waals surface area contributed by atoms with Crippen LogP contribution >= 0.6 is 11.3 Å². The van der Waals surface area contributed by atoms with Gasteiger partial charge in [-0.3, -0.25) is 10.1 Å². The number of hydrogen-bond donors (Lipinski definition) is 1. The maximum atomic E-state index is 11.5. The minimum Gasteiger partial charge on any atom is -0.295 e. The molecule has 0 aliphatic heterocycles. The maximum Gasteiger partial charge on any atom is 0.229 e. The van der Waals surface area contributed by atoms with Gasteiger partial charge in [-0.1, -0.05) is 0 Å². The molecule has 2 heterocycles. The van der Waals surface area contributed by atoms with E-state index < -0.39 is 0 Å². The molecule has 0 saturated heterocycles. The van der Waals surface area contributed by atoms with Crippen molar-refractivity contribution in [2.24, 2.45) is 0 Å². The lowest BCUT2D eigenvalue weighted by atomic mass is 10.2. The number of hydrogen-bond acceptors (Lipinski definition) is 5. The number of aromatic nitrogens is 3. The molecule has 0 radical (unpaired) electrons. The van der Waals surface area contributed by atoms with E-state index in [0.717, 1.165) is 5.69 Å². The molecule has 0 saturated carbocycles. The molecule has 2 aromatic heterocycles. The summed E-state index contributed by atoms with van der Waals surface area (Å²) in [6, 6.07) is 1.70. The third kappa shape index (κ3) is 3.09. The molecule has 0 aliphatic rings. The SMILES string of the molecule is O=C(CCc1cscn1)Nc1ncccn1. The normalized spacial score (nSPS) is 10.0. The summed E-state index contributed by atoms with van der Waals surface area (Å²) in [6.45, 7) is 0. The van der Waals surface area contributed by atoms with Crippen LogP contribution < -0.4 is 5.32 Å². The lowest BCUT2D eigenvalue weighted by Crippen LogP contribution is -2.14. The Morgan fingerprint density at radius 1 is 1.31 bits per heavy atom. The molecule has 0 aromatic carbocycles. The van der Waals surface area contributed by atoms with Crippen molar-refractivity contribution in [3.05, 3.63) is 35.0 Å². The van der Waals surface area contributed by atoms with Gasteiger partial charge in [0.25, 0.3) is 0 Å². The van der Waals surface area contributed by atoms with Crippen molar-refractivity contribution in [2.75, 3.05) is 5.32 Å². The number of amides is 1. The first kappa shape index (κ1) is 10.7. The van der Waals surface area contributed by atoms with Gasteiger partial charge >= 0.3 is 0 Å². The Hall–Kier alpha value is -1.82. The zero-order chi connectivity index (χ0) is 11.2. The standard InChI is InChI=1S/C10H10N4OS/c15-9(3-2-8-6-16-7-13-8)14-10-11-4-1-5-12-10/h1,4-7H,2-3H2,(H,11,12,14,15). The predicted octanol–water partition coefficient (Wildman–Crippen LogP) is 1.50. The van der Waals surface area contributed by atoms with Crippen LogP contribution in [0.25, 0.3) is 0 Å². The Kier molecular flexibility index (Phi) is 3.55. The van der Waals surface area contributed by atoms with E-state index in [1.54, 1.807) is 24.0 Å². The van der Waals surface area contributed by atoms with Gasteiger partial charge in [0.05, 0.1) is 11.2 Å². The van der Waals surface area contributed by atoms with Crippen molar-refractivity contribution in [3.8, 4) is 0 Å². The van der Waals surface area contributed by atoms with Crippen molar-refractivity contribution in [3.63, 3.8) is 0 Å². The van der Waals surface area contributed by atoms with Crippen LogP contribution in [0.2, 0.25) is 0 Å². The van der Waals surface area contributed by atoms with Gasteiger partial charge in [0.15, 0.2) is 0 Å².